The van der Waals surface area contributed by atoms with Crippen molar-refractivity contribution in [1.29, 1.82) is 0 Å². The van der Waals surface area contributed by atoms with Gasteiger partial charge in [0.25, 0.3) is 0 Å². The summed E-state index contributed by atoms with van der Waals surface area (Å²) < 4.78 is 5.42. The predicted molar refractivity (Wildman–Crippen MR) is 102 cm³/mol. The molecule has 132 valence electrons. The van der Waals surface area contributed by atoms with Crippen LogP contribution < -0.4 is 0 Å². The van der Waals surface area contributed by atoms with Crippen molar-refractivity contribution in [2.75, 3.05) is 32.7 Å². The fourth-order valence-electron chi connectivity index (χ4n) is 3.13. The molecule has 0 bridgehead atoms. The second kappa shape index (κ2) is 8.23. The van der Waals surface area contributed by atoms with E-state index < -0.39 is 0 Å². The van der Waals surface area contributed by atoms with E-state index in [2.05, 4.69) is 36.8 Å². The Morgan fingerprint density at radius 2 is 1.96 bits per heavy atom. The van der Waals surface area contributed by atoms with E-state index in [9.17, 15) is 0 Å². The van der Waals surface area contributed by atoms with Crippen LogP contribution in [0.15, 0.2) is 38.9 Å². The Morgan fingerprint density at radius 3 is 2.72 bits per heavy atom. The fourth-order valence-corrected chi connectivity index (χ4v) is 4.48. The molecule has 0 radical (unpaired) electrons. The van der Waals surface area contributed by atoms with Gasteiger partial charge in [-0.1, -0.05) is 11.2 Å². The van der Waals surface area contributed by atoms with Gasteiger partial charge in [-0.2, -0.15) is 16.3 Å². The molecule has 1 saturated heterocycles. The number of piperazine rings is 1. The Kier molecular flexibility index (Phi) is 5.56. The number of aromatic nitrogens is 2. The van der Waals surface area contributed by atoms with E-state index in [0.29, 0.717) is 11.7 Å². The fraction of sp³-hybridized carbons (Fsp3) is 0.444. The van der Waals surface area contributed by atoms with Crippen molar-refractivity contribution in [2.45, 2.75) is 19.4 Å². The first-order valence-corrected chi connectivity index (χ1v) is 10.5. The minimum absolute atomic E-state index is 0.706. The molecule has 4 heterocycles. The van der Waals surface area contributed by atoms with Crippen LogP contribution in [0.2, 0.25) is 0 Å². The number of thiophene rings is 2. The van der Waals surface area contributed by atoms with Gasteiger partial charge in [0.15, 0.2) is 0 Å². The van der Waals surface area contributed by atoms with Crippen LogP contribution in [-0.4, -0.2) is 52.7 Å². The zero-order valence-electron chi connectivity index (χ0n) is 14.1. The number of aryl methyl sites for hydroxylation is 1. The first-order valence-electron chi connectivity index (χ1n) is 8.69. The lowest BCUT2D eigenvalue weighted by atomic mass is 10.2. The van der Waals surface area contributed by atoms with Crippen LogP contribution in [-0.2, 0) is 13.0 Å². The molecule has 4 rings (SSSR count). The second-order valence-electron chi connectivity index (χ2n) is 6.34. The molecule has 0 spiro atoms. The maximum atomic E-state index is 5.42. The van der Waals surface area contributed by atoms with Gasteiger partial charge in [-0.05, 0) is 53.2 Å². The molecular weight excluding hydrogens is 352 g/mol. The normalized spacial score (nSPS) is 16.5. The summed E-state index contributed by atoms with van der Waals surface area (Å²) in [5.41, 5.74) is 1.47. The number of hydrogen-bond acceptors (Lipinski definition) is 7. The molecular formula is C18H22N4OS2. The summed E-state index contributed by atoms with van der Waals surface area (Å²) >= 11 is 3.43. The summed E-state index contributed by atoms with van der Waals surface area (Å²) in [6.07, 6.45) is 2.43. The van der Waals surface area contributed by atoms with E-state index in [1.54, 1.807) is 22.7 Å². The van der Waals surface area contributed by atoms with E-state index in [-0.39, 0.29) is 0 Å². The molecule has 5 nitrogen and oxygen atoms in total. The van der Waals surface area contributed by atoms with E-state index >= 15 is 0 Å². The topological polar surface area (TPSA) is 45.4 Å². The summed E-state index contributed by atoms with van der Waals surface area (Å²) in [6.45, 7) is 6.31. The molecule has 1 aliphatic heterocycles. The smallest absolute Gasteiger partial charge is 0.241 e. The van der Waals surface area contributed by atoms with Gasteiger partial charge in [0.05, 0.1) is 11.4 Å². The van der Waals surface area contributed by atoms with Crippen molar-refractivity contribution in [3.05, 3.63) is 45.8 Å². The lowest BCUT2D eigenvalue weighted by Crippen LogP contribution is -2.46. The minimum Gasteiger partial charge on any atom is -0.338 e. The highest BCUT2D eigenvalue weighted by Gasteiger charge is 2.19. The SMILES string of the molecule is c1csc(-c2noc(CN3CCN(CCCc4ccsc4)CC3)n2)c1. The highest BCUT2D eigenvalue weighted by atomic mass is 32.1. The van der Waals surface area contributed by atoms with Crippen LogP contribution >= 0.6 is 22.7 Å². The first kappa shape index (κ1) is 16.9. The van der Waals surface area contributed by atoms with Crippen molar-refractivity contribution in [2.24, 2.45) is 0 Å². The molecule has 3 aromatic heterocycles. The Bertz CT molecular complexity index is 746. The average Bonchev–Trinajstić information content (AvgIpc) is 3.39. The van der Waals surface area contributed by atoms with E-state index in [0.717, 1.165) is 37.6 Å². The first-order chi connectivity index (χ1) is 12.4. The van der Waals surface area contributed by atoms with Gasteiger partial charge < -0.3 is 9.42 Å². The van der Waals surface area contributed by atoms with Crippen LogP contribution in [0.5, 0.6) is 0 Å². The number of hydrogen-bond donors (Lipinski definition) is 0. The molecule has 1 aliphatic rings. The number of nitrogens with zero attached hydrogens (tertiary/aromatic N) is 4. The average molecular weight is 375 g/mol. The van der Waals surface area contributed by atoms with Crippen LogP contribution in [0.4, 0.5) is 0 Å². The van der Waals surface area contributed by atoms with E-state index in [1.807, 2.05) is 17.5 Å². The van der Waals surface area contributed by atoms with Crippen molar-refractivity contribution in [3.63, 3.8) is 0 Å². The molecule has 0 atom stereocenters. The summed E-state index contributed by atoms with van der Waals surface area (Å²) in [4.78, 5) is 10.5. The predicted octanol–water partition coefficient (Wildman–Crippen LogP) is 3.61. The molecule has 0 aliphatic carbocycles. The maximum absolute atomic E-state index is 5.42. The Morgan fingerprint density at radius 1 is 1.08 bits per heavy atom. The zero-order chi connectivity index (χ0) is 16.9. The Labute approximate surface area is 155 Å². The molecule has 3 aromatic rings. The van der Waals surface area contributed by atoms with Crippen molar-refractivity contribution >= 4 is 22.7 Å². The van der Waals surface area contributed by atoms with Crippen molar-refractivity contribution in [1.82, 2.24) is 19.9 Å². The van der Waals surface area contributed by atoms with Gasteiger partial charge in [0.2, 0.25) is 11.7 Å². The molecule has 0 unspecified atom stereocenters. The van der Waals surface area contributed by atoms with E-state index in [1.165, 1.54) is 24.9 Å². The zero-order valence-corrected chi connectivity index (χ0v) is 15.8. The standard InChI is InChI=1S/C18H22N4OS2/c1(3-15-5-12-24-14-15)6-21-7-9-22(10-8-21)13-17-19-18(20-23-17)16-4-2-11-25-16/h2,4-5,11-12,14H,1,3,6-10,13H2. The summed E-state index contributed by atoms with van der Waals surface area (Å²) in [5.74, 6) is 1.42. The van der Waals surface area contributed by atoms with E-state index in [4.69, 9.17) is 4.52 Å². The molecule has 7 heteroatoms. The third-order valence-electron chi connectivity index (χ3n) is 4.55. The molecule has 0 amide bonds. The van der Waals surface area contributed by atoms with Gasteiger partial charge in [0.1, 0.15) is 0 Å². The monoisotopic (exact) mass is 374 g/mol. The minimum atomic E-state index is 0.706. The highest BCUT2D eigenvalue weighted by molar-refractivity contribution is 7.13. The van der Waals surface area contributed by atoms with Crippen LogP contribution in [0.1, 0.15) is 17.9 Å². The van der Waals surface area contributed by atoms with Gasteiger partial charge in [-0.3, -0.25) is 4.90 Å². The van der Waals surface area contributed by atoms with Gasteiger partial charge in [-0.25, -0.2) is 0 Å². The Balaban J connectivity index is 1.20. The summed E-state index contributed by atoms with van der Waals surface area (Å²) in [5, 5.41) is 10.5. The van der Waals surface area contributed by atoms with Gasteiger partial charge in [-0.15, -0.1) is 11.3 Å². The number of rotatable bonds is 7. The third-order valence-corrected chi connectivity index (χ3v) is 6.15. The molecule has 25 heavy (non-hydrogen) atoms. The lowest BCUT2D eigenvalue weighted by Gasteiger charge is -2.33. The van der Waals surface area contributed by atoms with Crippen molar-refractivity contribution in [3.8, 4) is 10.7 Å². The lowest BCUT2D eigenvalue weighted by molar-refractivity contribution is 0.116. The molecule has 0 N–H and O–H groups in total. The molecule has 0 saturated carbocycles. The summed E-state index contributed by atoms with van der Waals surface area (Å²) in [7, 11) is 0. The third kappa shape index (κ3) is 4.55. The van der Waals surface area contributed by atoms with Gasteiger partial charge in [0, 0.05) is 26.2 Å². The summed E-state index contributed by atoms with van der Waals surface area (Å²) in [6, 6.07) is 6.26. The van der Waals surface area contributed by atoms with Crippen molar-refractivity contribution < 1.29 is 4.52 Å². The molecule has 0 aromatic carbocycles. The second-order valence-corrected chi connectivity index (χ2v) is 8.07. The molecule has 1 fully saturated rings. The van der Waals surface area contributed by atoms with Gasteiger partial charge >= 0.3 is 0 Å². The van der Waals surface area contributed by atoms with Crippen LogP contribution in [0.3, 0.4) is 0 Å². The van der Waals surface area contributed by atoms with Crippen LogP contribution in [0, 0.1) is 0 Å². The maximum Gasteiger partial charge on any atom is 0.241 e. The Hall–Kier alpha value is -1.54. The highest BCUT2D eigenvalue weighted by Crippen LogP contribution is 2.21. The van der Waals surface area contributed by atoms with Crippen LogP contribution in [0.25, 0.3) is 10.7 Å². The quantitative estimate of drug-likeness (QED) is 0.632. The largest absolute Gasteiger partial charge is 0.338 e.